The van der Waals surface area contributed by atoms with Crippen molar-refractivity contribution in [3.63, 3.8) is 0 Å². The molecule has 6 nitrogen and oxygen atoms in total. The first-order chi connectivity index (χ1) is 14.4. The Morgan fingerprint density at radius 2 is 1.81 bits per heavy atom. The minimum absolute atomic E-state index is 0.268. The number of esters is 1. The molecular weight excluding hydrogens is 460 g/mol. The van der Waals surface area contributed by atoms with Crippen molar-refractivity contribution < 1.29 is 27.5 Å². The summed E-state index contributed by atoms with van der Waals surface area (Å²) in [4.78, 5) is 36.8. The van der Waals surface area contributed by atoms with Gasteiger partial charge in [0.25, 0.3) is 5.56 Å². The van der Waals surface area contributed by atoms with Crippen molar-refractivity contribution in [2.45, 2.75) is 45.1 Å². The molecule has 0 bridgehead atoms. The van der Waals surface area contributed by atoms with Gasteiger partial charge in [-0.1, -0.05) is 41.4 Å². The summed E-state index contributed by atoms with van der Waals surface area (Å²) in [5.41, 5.74) is -1.72. The number of rotatable bonds is 7. The standard InChI is InChI=1S/C20H19Cl2F3N2O4/c1-11(2)31-18(29)8-16(13-5-3-4-6-14(13)21)26-17(28)10-27-9-12(20(23,24)25)7-15(22)19(27)30/h3-7,9,11,16H,8,10H2,1-2H3,(H,26,28). The third-order valence-corrected chi connectivity index (χ3v) is 4.65. The van der Waals surface area contributed by atoms with Gasteiger partial charge in [0.2, 0.25) is 5.91 Å². The van der Waals surface area contributed by atoms with Crippen LogP contribution in [0.1, 0.15) is 37.4 Å². The van der Waals surface area contributed by atoms with Gasteiger partial charge in [0.15, 0.2) is 0 Å². The quantitative estimate of drug-likeness (QED) is 0.599. The average Bonchev–Trinajstić information content (AvgIpc) is 2.63. The largest absolute Gasteiger partial charge is 0.463 e. The van der Waals surface area contributed by atoms with Gasteiger partial charge >= 0.3 is 12.1 Å². The molecule has 168 valence electrons. The van der Waals surface area contributed by atoms with Crippen molar-refractivity contribution in [2.24, 2.45) is 0 Å². The Morgan fingerprint density at radius 1 is 1.16 bits per heavy atom. The lowest BCUT2D eigenvalue weighted by atomic mass is 10.0. The van der Waals surface area contributed by atoms with Crippen LogP contribution in [0.2, 0.25) is 10.0 Å². The summed E-state index contributed by atoms with van der Waals surface area (Å²) in [6.07, 6.45) is -4.91. The number of carbonyl (C=O) groups is 2. The molecule has 0 saturated carbocycles. The first-order valence-electron chi connectivity index (χ1n) is 9.09. The first-order valence-corrected chi connectivity index (χ1v) is 9.84. The van der Waals surface area contributed by atoms with E-state index < -0.39 is 46.8 Å². The molecule has 1 amide bonds. The Kier molecular flexibility index (Phi) is 8.14. The Hall–Kier alpha value is -2.52. The minimum atomic E-state index is -4.75. The number of halogens is 5. The van der Waals surface area contributed by atoms with Gasteiger partial charge < -0.3 is 14.6 Å². The van der Waals surface area contributed by atoms with Crippen molar-refractivity contribution in [3.8, 4) is 0 Å². The molecule has 0 aliphatic rings. The summed E-state index contributed by atoms with van der Waals surface area (Å²) in [6.45, 7) is 2.57. The normalized spacial score (nSPS) is 12.5. The lowest BCUT2D eigenvalue weighted by molar-refractivity contribution is -0.148. The zero-order valence-corrected chi connectivity index (χ0v) is 18.0. The lowest BCUT2D eigenvalue weighted by Gasteiger charge is -2.21. The lowest BCUT2D eigenvalue weighted by Crippen LogP contribution is -2.36. The summed E-state index contributed by atoms with van der Waals surface area (Å²) in [5.74, 6) is -1.43. The average molecular weight is 479 g/mol. The first kappa shape index (κ1) is 24.7. The molecule has 0 fully saturated rings. The summed E-state index contributed by atoms with van der Waals surface area (Å²) < 4.78 is 44.7. The molecule has 2 aromatic rings. The van der Waals surface area contributed by atoms with Crippen molar-refractivity contribution >= 4 is 35.1 Å². The number of pyridine rings is 1. The van der Waals surface area contributed by atoms with Crippen molar-refractivity contribution in [2.75, 3.05) is 0 Å². The maximum Gasteiger partial charge on any atom is 0.417 e. The molecule has 1 heterocycles. The van der Waals surface area contributed by atoms with E-state index in [0.29, 0.717) is 22.4 Å². The number of amides is 1. The second-order valence-corrected chi connectivity index (χ2v) is 7.71. The number of benzene rings is 1. The Morgan fingerprint density at radius 3 is 2.39 bits per heavy atom. The SMILES string of the molecule is CC(C)OC(=O)CC(NC(=O)Cn1cc(C(F)(F)F)cc(Cl)c1=O)c1ccccc1Cl. The van der Waals surface area contributed by atoms with E-state index in [1.807, 2.05) is 0 Å². The van der Waals surface area contributed by atoms with Gasteiger partial charge in [0.1, 0.15) is 11.6 Å². The molecule has 1 N–H and O–H groups in total. The van der Waals surface area contributed by atoms with Crippen LogP contribution in [-0.2, 0) is 27.0 Å². The molecule has 0 saturated heterocycles. The predicted octanol–water partition coefficient (Wildman–Crippen LogP) is 4.37. The van der Waals surface area contributed by atoms with E-state index in [1.165, 1.54) is 0 Å². The van der Waals surface area contributed by atoms with Crippen molar-refractivity contribution in [3.05, 3.63) is 68.1 Å². The Balaban J connectivity index is 2.28. The molecule has 1 atom stereocenters. The van der Waals surface area contributed by atoms with Crippen LogP contribution < -0.4 is 10.9 Å². The van der Waals surface area contributed by atoms with E-state index in [-0.39, 0.29) is 17.5 Å². The number of nitrogens with zero attached hydrogens (tertiary/aromatic N) is 1. The van der Waals surface area contributed by atoms with E-state index in [1.54, 1.807) is 38.1 Å². The van der Waals surface area contributed by atoms with Crippen LogP contribution >= 0.6 is 23.2 Å². The van der Waals surface area contributed by atoms with Gasteiger partial charge in [-0.25, -0.2) is 0 Å². The van der Waals surface area contributed by atoms with Crippen LogP contribution in [-0.4, -0.2) is 22.5 Å². The smallest absolute Gasteiger partial charge is 0.417 e. The molecule has 1 aromatic heterocycles. The predicted molar refractivity (Wildman–Crippen MR) is 109 cm³/mol. The third-order valence-electron chi connectivity index (χ3n) is 4.04. The second-order valence-electron chi connectivity index (χ2n) is 6.89. The minimum Gasteiger partial charge on any atom is -0.463 e. The number of nitrogens with one attached hydrogen (secondary N) is 1. The molecule has 11 heteroatoms. The van der Waals surface area contributed by atoms with Crippen molar-refractivity contribution in [1.82, 2.24) is 9.88 Å². The molecule has 31 heavy (non-hydrogen) atoms. The molecule has 1 unspecified atom stereocenters. The van der Waals surface area contributed by atoms with Crippen LogP contribution in [0.4, 0.5) is 13.2 Å². The number of hydrogen-bond donors (Lipinski definition) is 1. The molecule has 2 rings (SSSR count). The molecule has 0 spiro atoms. The van der Waals surface area contributed by atoms with Gasteiger partial charge in [-0.05, 0) is 31.5 Å². The Labute approximate surface area is 185 Å². The Bertz CT molecular complexity index is 1020. The van der Waals surface area contributed by atoms with Gasteiger partial charge in [0, 0.05) is 11.2 Å². The highest BCUT2D eigenvalue weighted by Crippen LogP contribution is 2.30. The van der Waals surface area contributed by atoms with Gasteiger partial charge in [-0.2, -0.15) is 13.2 Å². The number of hydrogen-bond acceptors (Lipinski definition) is 4. The third kappa shape index (κ3) is 7.00. The molecular formula is C20H19Cl2F3N2O4. The maximum atomic E-state index is 13.0. The molecule has 1 aromatic carbocycles. The fourth-order valence-corrected chi connectivity index (χ4v) is 3.23. The van der Waals surface area contributed by atoms with E-state index >= 15 is 0 Å². The summed E-state index contributed by atoms with van der Waals surface area (Å²) in [7, 11) is 0. The monoisotopic (exact) mass is 478 g/mol. The maximum absolute atomic E-state index is 13.0. The number of carbonyl (C=O) groups excluding carboxylic acids is 2. The highest BCUT2D eigenvalue weighted by molar-refractivity contribution is 6.31. The van der Waals surface area contributed by atoms with Gasteiger partial charge in [-0.15, -0.1) is 0 Å². The van der Waals surface area contributed by atoms with Gasteiger partial charge in [0.05, 0.1) is 24.1 Å². The van der Waals surface area contributed by atoms with E-state index in [9.17, 15) is 27.6 Å². The molecule has 0 radical (unpaired) electrons. The number of ether oxygens (including phenoxy) is 1. The van der Waals surface area contributed by atoms with E-state index in [2.05, 4.69) is 5.32 Å². The summed E-state index contributed by atoms with van der Waals surface area (Å²) >= 11 is 11.8. The topological polar surface area (TPSA) is 77.4 Å². The van der Waals surface area contributed by atoms with Crippen LogP contribution in [0.25, 0.3) is 0 Å². The highest BCUT2D eigenvalue weighted by Gasteiger charge is 2.32. The fourth-order valence-electron chi connectivity index (χ4n) is 2.74. The zero-order valence-electron chi connectivity index (χ0n) is 16.5. The van der Waals surface area contributed by atoms with Crippen LogP contribution in [0.15, 0.2) is 41.3 Å². The number of aromatic nitrogens is 1. The van der Waals surface area contributed by atoms with Crippen LogP contribution in [0.5, 0.6) is 0 Å². The summed E-state index contributed by atoms with van der Waals surface area (Å²) in [6, 6.07) is 6.01. The van der Waals surface area contributed by atoms with Crippen molar-refractivity contribution in [1.29, 1.82) is 0 Å². The van der Waals surface area contributed by atoms with Crippen LogP contribution in [0, 0.1) is 0 Å². The van der Waals surface area contributed by atoms with Gasteiger partial charge in [-0.3, -0.25) is 14.4 Å². The molecule has 0 aliphatic heterocycles. The van der Waals surface area contributed by atoms with E-state index in [4.69, 9.17) is 27.9 Å². The second kappa shape index (κ2) is 10.2. The highest BCUT2D eigenvalue weighted by atomic mass is 35.5. The molecule has 0 aliphatic carbocycles. The summed E-state index contributed by atoms with van der Waals surface area (Å²) in [5, 5.41) is 2.12. The van der Waals surface area contributed by atoms with E-state index in [0.717, 1.165) is 0 Å². The van der Waals surface area contributed by atoms with Crippen LogP contribution in [0.3, 0.4) is 0 Å². The fraction of sp³-hybridized carbons (Fsp3) is 0.350. The number of alkyl halides is 3. The zero-order chi connectivity index (χ0) is 23.3.